The van der Waals surface area contributed by atoms with E-state index < -0.39 is 34.0 Å². The van der Waals surface area contributed by atoms with Crippen molar-refractivity contribution in [1.82, 2.24) is 9.80 Å². The van der Waals surface area contributed by atoms with Crippen LogP contribution >= 0.6 is 0 Å². The number of hydrogen-bond acceptors (Lipinski definition) is 5. The van der Waals surface area contributed by atoms with E-state index in [2.05, 4.69) is 0 Å². The molecule has 0 aliphatic carbocycles. The molecule has 2 amide bonds. The summed E-state index contributed by atoms with van der Waals surface area (Å²) >= 11 is 0. The van der Waals surface area contributed by atoms with E-state index >= 15 is 0 Å². The maximum Gasteiger partial charge on any atom is 0.410 e. The van der Waals surface area contributed by atoms with Gasteiger partial charge in [0, 0.05) is 32.2 Å². The number of hydrogen-bond donors (Lipinski definition) is 0. The SMILES string of the molecule is CC(C)(C)OC(=O)N1CCCN(C(=O)c2cc(F)ccc2[N+](=O)[O-])CC1. The van der Waals surface area contributed by atoms with Crippen molar-refractivity contribution in [3.05, 3.63) is 39.7 Å². The zero-order valence-electron chi connectivity index (χ0n) is 15.0. The molecule has 1 saturated heterocycles. The Morgan fingerprint density at radius 2 is 1.77 bits per heavy atom. The minimum atomic E-state index is -0.718. The number of nitro groups is 1. The van der Waals surface area contributed by atoms with Crippen LogP contribution in [0.5, 0.6) is 0 Å². The van der Waals surface area contributed by atoms with Crippen LogP contribution in [0.1, 0.15) is 37.6 Å². The summed E-state index contributed by atoms with van der Waals surface area (Å²) in [5, 5.41) is 11.1. The Bertz CT molecular complexity index is 717. The zero-order valence-corrected chi connectivity index (χ0v) is 15.0. The second-order valence-electron chi connectivity index (χ2n) is 7.03. The molecule has 26 heavy (non-hydrogen) atoms. The van der Waals surface area contributed by atoms with Crippen molar-refractivity contribution >= 4 is 17.7 Å². The third-order valence-corrected chi connectivity index (χ3v) is 3.82. The van der Waals surface area contributed by atoms with Gasteiger partial charge in [0.05, 0.1) is 4.92 Å². The largest absolute Gasteiger partial charge is 0.444 e. The molecule has 142 valence electrons. The molecule has 0 radical (unpaired) electrons. The van der Waals surface area contributed by atoms with Crippen molar-refractivity contribution in [2.24, 2.45) is 0 Å². The molecule has 0 bridgehead atoms. The van der Waals surface area contributed by atoms with Gasteiger partial charge in [0.15, 0.2) is 0 Å². The maximum atomic E-state index is 13.5. The van der Waals surface area contributed by atoms with Crippen LogP contribution in [0.3, 0.4) is 0 Å². The lowest BCUT2D eigenvalue weighted by molar-refractivity contribution is -0.385. The van der Waals surface area contributed by atoms with E-state index in [-0.39, 0.29) is 18.7 Å². The molecule has 0 spiro atoms. The first-order valence-corrected chi connectivity index (χ1v) is 8.29. The Morgan fingerprint density at radius 1 is 1.15 bits per heavy atom. The number of carbonyl (C=O) groups excluding carboxylic acids is 2. The highest BCUT2D eigenvalue weighted by molar-refractivity contribution is 5.98. The third kappa shape index (κ3) is 4.90. The van der Waals surface area contributed by atoms with Gasteiger partial charge in [-0.05, 0) is 39.3 Å². The summed E-state index contributed by atoms with van der Waals surface area (Å²) in [7, 11) is 0. The molecule has 1 aromatic carbocycles. The standard InChI is InChI=1S/C17H22FN3O5/c1-17(2,3)26-16(23)20-8-4-7-19(9-10-20)15(22)13-11-12(18)5-6-14(13)21(24)25/h5-6,11H,4,7-10H2,1-3H3. The van der Waals surface area contributed by atoms with Crippen LogP contribution in [0.2, 0.25) is 0 Å². The molecule has 0 unspecified atom stereocenters. The Balaban J connectivity index is 2.12. The fourth-order valence-electron chi connectivity index (χ4n) is 2.64. The van der Waals surface area contributed by atoms with Crippen molar-refractivity contribution in [2.75, 3.05) is 26.2 Å². The highest BCUT2D eigenvalue weighted by Crippen LogP contribution is 2.22. The van der Waals surface area contributed by atoms with Crippen LogP contribution in [-0.4, -0.2) is 58.5 Å². The molecule has 1 heterocycles. The van der Waals surface area contributed by atoms with E-state index in [9.17, 15) is 24.1 Å². The fraction of sp³-hybridized carbons (Fsp3) is 0.529. The van der Waals surface area contributed by atoms with Crippen molar-refractivity contribution in [1.29, 1.82) is 0 Å². The van der Waals surface area contributed by atoms with Gasteiger partial charge < -0.3 is 14.5 Å². The van der Waals surface area contributed by atoms with Crippen LogP contribution in [0.25, 0.3) is 0 Å². The van der Waals surface area contributed by atoms with Gasteiger partial charge in [0.2, 0.25) is 0 Å². The molecule has 0 aromatic heterocycles. The van der Waals surface area contributed by atoms with Gasteiger partial charge >= 0.3 is 6.09 Å². The third-order valence-electron chi connectivity index (χ3n) is 3.82. The number of rotatable bonds is 2. The summed E-state index contributed by atoms with van der Waals surface area (Å²) in [5.74, 6) is -1.34. The first kappa shape index (κ1) is 19.6. The quantitative estimate of drug-likeness (QED) is 0.592. The van der Waals surface area contributed by atoms with Crippen LogP contribution in [0.15, 0.2) is 18.2 Å². The Hall–Kier alpha value is -2.71. The Kier molecular flexibility index (Phi) is 5.79. The lowest BCUT2D eigenvalue weighted by Crippen LogP contribution is -2.40. The molecular weight excluding hydrogens is 345 g/mol. The Morgan fingerprint density at radius 3 is 2.38 bits per heavy atom. The highest BCUT2D eigenvalue weighted by Gasteiger charge is 2.29. The minimum Gasteiger partial charge on any atom is -0.444 e. The summed E-state index contributed by atoms with van der Waals surface area (Å²) < 4.78 is 18.8. The van der Waals surface area contributed by atoms with Crippen LogP contribution in [0.4, 0.5) is 14.9 Å². The molecule has 8 nitrogen and oxygen atoms in total. The van der Waals surface area contributed by atoms with Crippen molar-refractivity contribution < 1.29 is 23.6 Å². The molecule has 2 rings (SSSR count). The predicted octanol–water partition coefficient (Wildman–Crippen LogP) is 2.82. The second-order valence-corrected chi connectivity index (χ2v) is 7.03. The van der Waals surface area contributed by atoms with Gasteiger partial charge in [0.1, 0.15) is 17.0 Å². The highest BCUT2D eigenvalue weighted by atomic mass is 19.1. The predicted molar refractivity (Wildman–Crippen MR) is 91.4 cm³/mol. The molecule has 0 saturated carbocycles. The smallest absolute Gasteiger partial charge is 0.410 e. The molecule has 1 fully saturated rings. The van der Waals surface area contributed by atoms with Crippen LogP contribution < -0.4 is 0 Å². The van der Waals surface area contributed by atoms with E-state index in [0.29, 0.717) is 19.5 Å². The van der Waals surface area contributed by atoms with Crippen molar-refractivity contribution in [2.45, 2.75) is 32.8 Å². The minimum absolute atomic E-state index is 0.186. The van der Waals surface area contributed by atoms with Crippen LogP contribution in [0, 0.1) is 15.9 Å². The number of amides is 2. The van der Waals surface area contributed by atoms with Gasteiger partial charge in [-0.25, -0.2) is 9.18 Å². The lowest BCUT2D eigenvalue weighted by atomic mass is 10.1. The van der Waals surface area contributed by atoms with Gasteiger partial charge in [-0.15, -0.1) is 0 Å². The maximum absolute atomic E-state index is 13.5. The van der Waals surface area contributed by atoms with E-state index in [1.807, 2.05) is 0 Å². The van der Waals surface area contributed by atoms with Gasteiger partial charge in [-0.2, -0.15) is 0 Å². The number of halogens is 1. The summed E-state index contributed by atoms with van der Waals surface area (Å²) in [5.41, 5.74) is -1.36. The Labute approximate surface area is 150 Å². The molecule has 0 N–H and O–H groups in total. The first-order chi connectivity index (χ1) is 12.1. The normalized spacial score (nSPS) is 15.4. The first-order valence-electron chi connectivity index (χ1n) is 8.29. The zero-order chi connectivity index (χ0) is 19.5. The lowest BCUT2D eigenvalue weighted by Gasteiger charge is -2.26. The fourth-order valence-corrected chi connectivity index (χ4v) is 2.64. The summed E-state index contributed by atoms with van der Waals surface area (Å²) in [6, 6.07) is 2.80. The second kappa shape index (κ2) is 7.67. The average molecular weight is 367 g/mol. The molecule has 1 aliphatic heterocycles. The number of carbonyl (C=O) groups is 2. The summed E-state index contributed by atoms with van der Waals surface area (Å²) in [6.07, 6.45) is 0.0252. The number of nitro benzene ring substituents is 1. The van der Waals surface area contributed by atoms with Gasteiger partial charge in [-0.3, -0.25) is 14.9 Å². The summed E-state index contributed by atoms with van der Waals surface area (Å²) in [6.45, 7) is 6.44. The van der Waals surface area contributed by atoms with E-state index in [0.717, 1.165) is 18.2 Å². The monoisotopic (exact) mass is 367 g/mol. The van der Waals surface area contributed by atoms with Gasteiger partial charge in [-0.1, -0.05) is 0 Å². The van der Waals surface area contributed by atoms with Crippen LogP contribution in [-0.2, 0) is 4.74 Å². The number of nitrogens with zero attached hydrogens (tertiary/aromatic N) is 3. The summed E-state index contributed by atoms with van der Waals surface area (Å²) in [4.78, 5) is 38.1. The van der Waals surface area contributed by atoms with Crippen molar-refractivity contribution in [3.8, 4) is 0 Å². The van der Waals surface area contributed by atoms with E-state index in [1.54, 1.807) is 20.8 Å². The number of benzene rings is 1. The number of ether oxygens (including phenoxy) is 1. The average Bonchev–Trinajstić information content (AvgIpc) is 2.78. The van der Waals surface area contributed by atoms with E-state index in [1.165, 1.54) is 9.80 Å². The molecule has 1 aromatic rings. The molecular formula is C17H22FN3O5. The van der Waals surface area contributed by atoms with Crippen molar-refractivity contribution in [3.63, 3.8) is 0 Å². The molecule has 1 aliphatic rings. The molecule has 9 heteroatoms. The van der Waals surface area contributed by atoms with Gasteiger partial charge in [0.25, 0.3) is 11.6 Å². The molecule has 0 atom stereocenters. The van der Waals surface area contributed by atoms with E-state index in [4.69, 9.17) is 4.74 Å². The topological polar surface area (TPSA) is 93.0 Å².